The number of hydrogen-bond donors (Lipinski definition) is 1. The molecular formula is C17H23BrN8S. The standard InChI is InChI=1S/C17H23BrN8S/c1-5-26-12(2)13(6-21-26)9-25-10-14(7-20-25)22-17(27)23(3)11-16-15(18)8-19-24(16)4/h6-8,10H,5,9,11H2,1-4H3,(H,22,27). The Hall–Kier alpha value is -2.20. The van der Waals surface area contributed by atoms with E-state index in [1.807, 2.05) is 45.4 Å². The zero-order valence-electron chi connectivity index (χ0n) is 15.8. The van der Waals surface area contributed by atoms with Gasteiger partial charge < -0.3 is 10.2 Å². The summed E-state index contributed by atoms with van der Waals surface area (Å²) >= 11 is 9.03. The highest BCUT2D eigenvalue weighted by molar-refractivity contribution is 9.10. The second-order valence-electron chi connectivity index (χ2n) is 6.35. The van der Waals surface area contributed by atoms with Crippen LogP contribution < -0.4 is 5.32 Å². The van der Waals surface area contributed by atoms with E-state index in [0.717, 1.165) is 28.0 Å². The number of rotatable bonds is 6. The number of nitrogens with one attached hydrogen (secondary N) is 1. The van der Waals surface area contributed by atoms with Crippen LogP contribution in [-0.4, -0.2) is 46.4 Å². The lowest BCUT2D eigenvalue weighted by molar-refractivity contribution is 0.481. The fourth-order valence-corrected chi connectivity index (χ4v) is 3.43. The molecule has 3 aromatic rings. The van der Waals surface area contributed by atoms with Crippen LogP contribution in [0.25, 0.3) is 0 Å². The lowest BCUT2D eigenvalue weighted by Gasteiger charge is -2.20. The number of anilines is 1. The number of nitrogens with zero attached hydrogens (tertiary/aromatic N) is 7. The molecule has 10 heteroatoms. The van der Waals surface area contributed by atoms with Gasteiger partial charge in [0.1, 0.15) is 0 Å². The van der Waals surface area contributed by atoms with Crippen LogP contribution in [0.2, 0.25) is 0 Å². The molecule has 0 atom stereocenters. The van der Waals surface area contributed by atoms with E-state index in [1.54, 1.807) is 12.4 Å². The number of halogens is 1. The van der Waals surface area contributed by atoms with Gasteiger partial charge in [-0.05, 0) is 42.0 Å². The molecule has 3 rings (SSSR count). The highest BCUT2D eigenvalue weighted by atomic mass is 79.9. The van der Waals surface area contributed by atoms with Gasteiger partial charge in [0, 0.05) is 38.1 Å². The molecule has 0 aliphatic rings. The minimum atomic E-state index is 0.623. The predicted octanol–water partition coefficient (Wildman–Crippen LogP) is 2.78. The van der Waals surface area contributed by atoms with Gasteiger partial charge in [0.25, 0.3) is 0 Å². The fraction of sp³-hybridized carbons (Fsp3) is 0.412. The monoisotopic (exact) mass is 450 g/mol. The third kappa shape index (κ3) is 4.38. The SMILES string of the molecule is CCn1ncc(Cn2cc(NC(=S)N(C)Cc3c(Br)cnn3C)cn2)c1C. The van der Waals surface area contributed by atoms with Gasteiger partial charge >= 0.3 is 0 Å². The van der Waals surface area contributed by atoms with Gasteiger partial charge in [-0.25, -0.2) is 0 Å². The molecule has 0 unspecified atom stereocenters. The normalized spacial score (nSPS) is 11.0. The van der Waals surface area contributed by atoms with Crippen molar-refractivity contribution >= 4 is 38.9 Å². The maximum absolute atomic E-state index is 5.52. The quantitative estimate of drug-likeness (QED) is 0.582. The van der Waals surface area contributed by atoms with Gasteiger partial charge in [-0.15, -0.1) is 0 Å². The summed E-state index contributed by atoms with van der Waals surface area (Å²) in [5.41, 5.74) is 4.24. The molecule has 0 fully saturated rings. The first-order valence-electron chi connectivity index (χ1n) is 8.61. The van der Waals surface area contributed by atoms with Crippen LogP contribution in [0.5, 0.6) is 0 Å². The lowest BCUT2D eigenvalue weighted by Crippen LogP contribution is -2.31. The molecule has 0 aromatic carbocycles. The first-order chi connectivity index (χ1) is 12.9. The van der Waals surface area contributed by atoms with Crippen LogP contribution >= 0.6 is 28.1 Å². The second-order valence-corrected chi connectivity index (χ2v) is 7.59. The molecule has 0 bridgehead atoms. The van der Waals surface area contributed by atoms with E-state index in [1.165, 1.54) is 5.69 Å². The highest BCUT2D eigenvalue weighted by Crippen LogP contribution is 2.17. The highest BCUT2D eigenvalue weighted by Gasteiger charge is 2.13. The smallest absolute Gasteiger partial charge is 0.173 e. The van der Waals surface area contributed by atoms with Crippen molar-refractivity contribution in [3.8, 4) is 0 Å². The third-order valence-electron chi connectivity index (χ3n) is 4.47. The first-order valence-corrected chi connectivity index (χ1v) is 9.81. The maximum atomic E-state index is 5.52. The molecule has 8 nitrogen and oxygen atoms in total. The summed E-state index contributed by atoms with van der Waals surface area (Å²) in [5, 5.41) is 16.9. The minimum absolute atomic E-state index is 0.623. The average molecular weight is 451 g/mol. The van der Waals surface area contributed by atoms with E-state index >= 15 is 0 Å². The van der Waals surface area contributed by atoms with E-state index < -0.39 is 0 Å². The molecule has 27 heavy (non-hydrogen) atoms. The van der Waals surface area contributed by atoms with E-state index in [4.69, 9.17) is 12.2 Å². The zero-order chi connectivity index (χ0) is 19.6. The fourth-order valence-electron chi connectivity index (χ4n) is 2.78. The van der Waals surface area contributed by atoms with Crippen molar-refractivity contribution in [2.24, 2.45) is 7.05 Å². The molecule has 0 aliphatic carbocycles. The molecule has 144 valence electrons. The van der Waals surface area contributed by atoms with Crippen molar-refractivity contribution in [2.45, 2.75) is 33.5 Å². The van der Waals surface area contributed by atoms with Crippen molar-refractivity contribution < 1.29 is 0 Å². The molecule has 0 saturated heterocycles. The summed E-state index contributed by atoms with van der Waals surface area (Å²) < 4.78 is 6.67. The third-order valence-corrected chi connectivity index (χ3v) is 5.54. The molecule has 0 saturated carbocycles. The van der Waals surface area contributed by atoms with Gasteiger partial charge in [0.05, 0.1) is 47.5 Å². The topological polar surface area (TPSA) is 68.7 Å². The van der Waals surface area contributed by atoms with Crippen LogP contribution in [0.3, 0.4) is 0 Å². The Labute approximate surface area is 172 Å². The van der Waals surface area contributed by atoms with Crippen LogP contribution in [0, 0.1) is 6.92 Å². The Morgan fingerprint density at radius 2 is 2.04 bits per heavy atom. The van der Waals surface area contributed by atoms with Gasteiger partial charge in [0.2, 0.25) is 0 Å². The van der Waals surface area contributed by atoms with Crippen molar-refractivity contribution in [3.63, 3.8) is 0 Å². The summed E-state index contributed by atoms with van der Waals surface area (Å²) in [6.45, 7) is 6.35. The minimum Gasteiger partial charge on any atom is -0.346 e. The van der Waals surface area contributed by atoms with Crippen LogP contribution in [0.1, 0.15) is 23.9 Å². The average Bonchev–Trinajstić information content (AvgIpc) is 3.31. The van der Waals surface area contributed by atoms with E-state index in [-0.39, 0.29) is 0 Å². The van der Waals surface area contributed by atoms with E-state index in [0.29, 0.717) is 18.2 Å². The molecule has 0 aliphatic heterocycles. The Bertz CT molecular complexity index is 921. The first kappa shape index (κ1) is 19.6. The second kappa shape index (κ2) is 8.22. The maximum Gasteiger partial charge on any atom is 0.173 e. The summed E-state index contributed by atoms with van der Waals surface area (Å²) in [5.74, 6) is 0. The van der Waals surface area contributed by atoms with Gasteiger partial charge in [-0.1, -0.05) is 0 Å². The molecular weight excluding hydrogens is 428 g/mol. The molecule has 3 aromatic heterocycles. The van der Waals surface area contributed by atoms with Crippen LogP contribution in [-0.2, 0) is 26.7 Å². The molecule has 3 heterocycles. The Morgan fingerprint density at radius 1 is 1.26 bits per heavy atom. The number of aromatic nitrogens is 6. The molecule has 0 radical (unpaired) electrons. The summed E-state index contributed by atoms with van der Waals surface area (Å²) in [6.07, 6.45) is 7.41. The van der Waals surface area contributed by atoms with Gasteiger partial charge in [-0.3, -0.25) is 14.0 Å². The Morgan fingerprint density at radius 3 is 2.67 bits per heavy atom. The van der Waals surface area contributed by atoms with E-state index in [2.05, 4.69) is 50.4 Å². The molecule has 0 amide bonds. The molecule has 1 N–H and O–H groups in total. The van der Waals surface area contributed by atoms with Crippen molar-refractivity contribution in [3.05, 3.63) is 46.2 Å². The van der Waals surface area contributed by atoms with Gasteiger partial charge in [0.15, 0.2) is 5.11 Å². The van der Waals surface area contributed by atoms with Crippen LogP contribution in [0.15, 0.2) is 29.3 Å². The predicted molar refractivity (Wildman–Crippen MR) is 113 cm³/mol. The Kier molecular flexibility index (Phi) is 5.95. The van der Waals surface area contributed by atoms with Gasteiger partial charge in [-0.2, -0.15) is 15.3 Å². The molecule has 0 spiro atoms. The van der Waals surface area contributed by atoms with Crippen molar-refractivity contribution in [1.82, 2.24) is 34.2 Å². The zero-order valence-corrected chi connectivity index (χ0v) is 18.2. The van der Waals surface area contributed by atoms with Crippen LogP contribution in [0.4, 0.5) is 5.69 Å². The largest absolute Gasteiger partial charge is 0.346 e. The Balaban J connectivity index is 1.61. The number of aryl methyl sites for hydroxylation is 2. The number of thiocarbonyl (C=S) groups is 1. The lowest BCUT2D eigenvalue weighted by atomic mass is 10.2. The summed E-state index contributed by atoms with van der Waals surface area (Å²) in [4.78, 5) is 1.96. The van der Waals surface area contributed by atoms with Crippen molar-refractivity contribution in [1.29, 1.82) is 0 Å². The number of hydrogen-bond acceptors (Lipinski definition) is 4. The van der Waals surface area contributed by atoms with Crippen molar-refractivity contribution in [2.75, 3.05) is 12.4 Å². The van der Waals surface area contributed by atoms with E-state index in [9.17, 15) is 0 Å². The summed E-state index contributed by atoms with van der Waals surface area (Å²) in [7, 11) is 3.86. The summed E-state index contributed by atoms with van der Waals surface area (Å²) in [6, 6.07) is 0.